The van der Waals surface area contributed by atoms with Gasteiger partial charge in [-0.15, -0.1) is 0 Å². The molecule has 6 nitrogen and oxygen atoms in total. The molecule has 23 heavy (non-hydrogen) atoms. The Kier molecular flexibility index (Phi) is 3.52. The molecule has 3 unspecified atom stereocenters. The smallest absolute Gasteiger partial charge is 0.232 e. The van der Waals surface area contributed by atoms with E-state index in [9.17, 15) is 4.79 Å². The van der Waals surface area contributed by atoms with Crippen LogP contribution in [0.4, 0.5) is 0 Å². The fourth-order valence-corrected chi connectivity index (χ4v) is 3.68. The molecule has 3 aliphatic rings. The number of amides is 1. The van der Waals surface area contributed by atoms with Crippen LogP contribution in [0.3, 0.4) is 0 Å². The predicted molar refractivity (Wildman–Crippen MR) is 83.0 cm³/mol. The third kappa shape index (κ3) is 2.92. The van der Waals surface area contributed by atoms with Crippen molar-refractivity contribution in [3.63, 3.8) is 0 Å². The van der Waals surface area contributed by atoms with Gasteiger partial charge in [0.1, 0.15) is 11.7 Å². The Balaban J connectivity index is 1.34. The molecule has 1 aromatic heterocycles. The Bertz CT molecular complexity index is 615. The van der Waals surface area contributed by atoms with Crippen LogP contribution < -0.4 is 4.74 Å². The molecule has 0 N–H and O–H groups in total. The van der Waals surface area contributed by atoms with Gasteiger partial charge in [0.25, 0.3) is 0 Å². The highest BCUT2D eigenvalue weighted by Gasteiger charge is 2.53. The van der Waals surface area contributed by atoms with Gasteiger partial charge >= 0.3 is 0 Å². The van der Waals surface area contributed by atoms with E-state index in [-0.39, 0.29) is 17.6 Å². The molecule has 1 spiro atoms. The maximum atomic E-state index is 12.3. The molecule has 1 aliphatic carbocycles. The molecule has 4 rings (SSSR count). The quantitative estimate of drug-likeness (QED) is 0.847. The van der Waals surface area contributed by atoms with E-state index < -0.39 is 0 Å². The second-order valence-electron chi connectivity index (χ2n) is 7.28. The number of aryl methyl sites for hydroxylation is 1. The van der Waals surface area contributed by atoms with Crippen LogP contribution in [0.5, 0.6) is 5.88 Å². The lowest BCUT2D eigenvalue weighted by Crippen LogP contribution is -2.67. The summed E-state index contributed by atoms with van der Waals surface area (Å²) in [5.74, 6) is 1.69. The fourth-order valence-electron chi connectivity index (χ4n) is 3.68. The molecule has 6 heteroatoms. The number of carbonyl (C=O) groups is 1. The largest absolute Gasteiger partial charge is 0.473 e. The summed E-state index contributed by atoms with van der Waals surface area (Å²) in [7, 11) is 0. The van der Waals surface area contributed by atoms with Crippen molar-refractivity contribution in [2.24, 2.45) is 11.8 Å². The van der Waals surface area contributed by atoms with Crippen molar-refractivity contribution in [3.05, 3.63) is 18.1 Å². The molecule has 3 fully saturated rings. The molecule has 2 saturated heterocycles. The van der Waals surface area contributed by atoms with Crippen LogP contribution in [0.2, 0.25) is 0 Å². The first-order valence-electron chi connectivity index (χ1n) is 8.43. The van der Waals surface area contributed by atoms with Gasteiger partial charge in [0, 0.05) is 25.0 Å². The first-order chi connectivity index (χ1) is 11.0. The van der Waals surface area contributed by atoms with Gasteiger partial charge < -0.3 is 14.4 Å². The number of ether oxygens (including phenoxy) is 2. The lowest BCUT2D eigenvalue weighted by molar-refractivity contribution is -0.194. The minimum atomic E-state index is -0.214. The highest BCUT2D eigenvalue weighted by Crippen LogP contribution is 2.43. The molecule has 0 bridgehead atoms. The van der Waals surface area contributed by atoms with Gasteiger partial charge in [-0.05, 0) is 19.3 Å². The fraction of sp³-hybridized carbons (Fsp3) is 0.706. The third-order valence-corrected chi connectivity index (χ3v) is 5.16. The average Bonchev–Trinajstić information content (AvgIpc) is 3.21. The molecule has 1 aromatic rings. The predicted octanol–water partition coefficient (Wildman–Crippen LogP) is 1.58. The van der Waals surface area contributed by atoms with Gasteiger partial charge in [0.05, 0.1) is 31.6 Å². The molecule has 3 heterocycles. The van der Waals surface area contributed by atoms with E-state index in [4.69, 9.17) is 9.47 Å². The van der Waals surface area contributed by atoms with Crippen LogP contribution in [0.15, 0.2) is 12.4 Å². The Morgan fingerprint density at radius 1 is 1.43 bits per heavy atom. The Hall–Kier alpha value is -1.69. The summed E-state index contributed by atoms with van der Waals surface area (Å²) in [6.07, 6.45) is 6.16. The van der Waals surface area contributed by atoms with Gasteiger partial charge in [0.2, 0.25) is 11.8 Å². The summed E-state index contributed by atoms with van der Waals surface area (Å²) >= 11 is 0. The van der Waals surface area contributed by atoms with Gasteiger partial charge in [-0.25, -0.2) is 4.98 Å². The van der Waals surface area contributed by atoms with Crippen molar-refractivity contribution in [3.8, 4) is 5.88 Å². The summed E-state index contributed by atoms with van der Waals surface area (Å²) in [6.45, 7) is 6.12. The Labute approximate surface area is 136 Å². The van der Waals surface area contributed by atoms with Crippen LogP contribution in [-0.2, 0) is 9.53 Å². The van der Waals surface area contributed by atoms with E-state index >= 15 is 0 Å². The Morgan fingerprint density at radius 2 is 2.22 bits per heavy atom. The lowest BCUT2D eigenvalue weighted by Gasteiger charge is -2.53. The monoisotopic (exact) mass is 317 g/mol. The zero-order valence-electron chi connectivity index (χ0n) is 13.7. The lowest BCUT2D eigenvalue weighted by atomic mass is 9.84. The summed E-state index contributed by atoms with van der Waals surface area (Å²) in [5.41, 5.74) is 0.636. The van der Waals surface area contributed by atoms with Crippen LogP contribution in [0, 0.1) is 18.8 Å². The number of hydrogen-bond donors (Lipinski definition) is 0. The average molecular weight is 317 g/mol. The van der Waals surface area contributed by atoms with Crippen LogP contribution >= 0.6 is 0 Å². The number of hydrogen-bond acceptors (Lipinski definition) is 5. The maximum absolute atomic E-state index is 12.3. The highest BCUT2D eigenvalue weighted by atomic mass is 16.5. The number of aromatic nitrogens is 2. The zero-order chi connectivity index (χ0) is 16.0. The molecule has 0 aromatic carbocycles. The van der Waals surface area contributed by atoms with Crippen molar-refractivity contribution in [1.82, 2.24) is 14.9 Å². The van der Waals surface area contributed by atoms with E-state index in [1.54, 1.807) is 12.4 Å². The summed E-state index contributed by atoms with van der Waals surface area (Å²) in [6, 6.07) is 0. The van der Waals surface area contributed by atoms with Crippen molar-refractivity contribution in [2.45, 2.75) is 44.8 Å². The van der Waals surface area contributed by atoms with E-state index in [0.717, 1.165) is 25.0 Å². The third-order valence-electron chi connectivity index (χ3n) is 5.16. The van der Waals surface area contributed by atoms with Crippen LogP contribution in [-0.4, -0.2) is 52.2 Å². The van der Waals surface area contributed by atoms with E-state index in [1.807, 2.05) is 11.8 Å². The van der Waals surface area contributed by atoms with E-state index in [2.05, 4.69) is 16.9 Å². The zero-order valence-corrected chi connectivity index (χ0v) is 13.7. The van der Waals surface area contributed by atoms with Gasteiger partial charge in [-0.2, -0.15) is 0 Å². The van der Waals surface area contributed by atoms with Gasteiger partial charge in [-0.3, -0.25) is 9.78 Å². The molecule has 124 valence electrons. The first-order valence-corrected chi connectivity index (χ1v) is 8.43. The number of rotatable bonds is 3. The van der Waals surface area contributed by atoms with Crippen LogP contribution in [0.25, 0.3) is 0 Å². The van der Waals surface area contributed by atoms with E-state index in [1.165, 1.54) is 0 Å². The first kappa shape index (κ1) is 14.9. The van der Waals surface area contributed by atoms with Crippen molar-refractivity contribution < 1.29 is 14.3 Å². The van der Waals surface area contributed by atoms with E-state index in [0.29, 0.717) is 37.4 Å². The SMILES string of the molecule is Cc1cncc(OC2CCOC3(C2)CN(C(=O)C2CC2C)C3)n1. The maximum Gasteiger partial charge on any atom is 0.232 e. The molecule has 2 aliphatic heterocycles. The molecular weight excluding hydrogens is 294 g/mol. The summed E-state index contributed by atoms with van der Waals surface area (Å²) in [5, 5.41) is 0. The highest BCUT2D eigenvalue weighted by molar-refractivity contribution is 5.82. The summed E-state index contributed by atoms with van der Waals surface area (Å²) < 4.78 is 12.0. The minimum Gasteiger partial charge on any atom is -0.473 e. The second-order valence-corrected chi connectivity index (χ2v) is 7.28. The van der Waals surface area contributed by atoms with Crippen molar-refractivity contribution in [1.29, 1.82) is 0 Å². The molecular formula is C17H23N3O3. The Morgan fingerprint density at radius 3 is 2.91 bits per heavy atom. The topological polar surface area (TPSA) is 64.6 Å². The van der Waals surface area contributed by atoms with Gasteiger partial charge in [-0.1, -0.05) is 6.92 Å². The minimum absolute atomic E-state index is 0.0805. The molecule has 1 amide bonds. The molecule has 0 radical (unpaired) electrons. The van der Waals surface area contributed by atoms with Crippen molar-refractivity contribution in [2.75, 3.05) is 19.7 Å². The summed E-state index contributed by atoms with van der Waals surface area (Å²) in [4.78, 5) is 22.7. The molecule has 3 atom stereocenters. The standard InChI is InChI=1S/C17H23N3O3/c1-11-5-14(11)16(21)20-9-17(10-20)6-13(3-4-22-17)23-15-8-18-7-12(2)19-15/h7-8,11,13-14H,3-6,9-10H2,1-2H3. The van der Waals surface area contributed by atoms with Gasteiger partial charge in [0.15, 0.2) is 0 Å². The second kappa shape index (κ2) is 5.44. The molecule has 1 saturated carbocycles. The number of likely N-dealkylation sites (tertiary alicyclic amines) is 1. The van der Waals surface area contributed by atoms with Crippen LogP contribution in [0.1, 0.15) is 31.9 Å². The van der Waals surface area contributed by atoms with Crippen molar-refractivity contribution >= 4 is 5.91 Å². The number of carbonyl (C=O) groups excluding carboxylic acids is 1. The normalized spacial score (nSPS) is 31.6. The number of nitrogens with zero attached hydrogens (tertiary/aromatic N) is 3.